The molecule has 0 bridgehead atoms. The van der Waals surface area contributed by atoms with Crippen LogP contribution in [0.5, 0.6) is 17.4 Å². The van der Waals surface area contributed by atoms with Crippen molar-refractivity contribution in [3.63, 3.8) is 0 Å². The molecule has 3 heterocycles. The van der Waals surface area contributed by atoms with Crippen molar-refractivity contribution in [2.24, 2.45) is 4.99 Å². The molecule has 0 radical (unpaired) electrons. The number of rotatable bonds is 2. The van der Waals surface area contributed by atoms with Gasteiger partial charge in [0.25, 0.3) is 5.91 Å². The van der Waals surface area contributed by atoms with Crippen molar-refractivity contribution in [1.29, 1.82) is 0 Å². The summed E-state index contributed by atoms with van der Waals surface area (Å²) in [6.45, 7) is 0.167. The predicted octanol–water partition coefficient (Wildman–Crippen LogP) is 2.85. The molecule has 1 amide bonds. The number of aromatic nitrogens is 1. The quantitative estimate of drug-likeness (QED) is 0.620. The topological polar surface area (TPSA) is 73.1 Å². The van der Waals surface area contributed by atoms with Gasteiger partial charge in [0.1, 0.15) is 0 Å². The number of hydrogen-bond acceptors (Lipinski definition) is 6. The van der Waals surface area contributed by atoms with E-state index >= 15 is 0 Å². The minimum atomic E-state index is -0.354. The van der Waals surface area contributed by atoms with Gasteiger partial charge in [0.05, 0.1) is 10.2 Å². The molecule has 3 aliphatic rings. The van der Waals surface area contributed by atoms with Gasteiger partial charge in [-0.2, -0.15) is 0 Å². The van der Waals surface area contributed by atoms with Crippen LogP contribution in [0.4, 0.5) is 0 Å². The van der Waals surface area contributed by atoms with E-state index in [1.165, 1.54) is 11.3 Å². The third kappa shape index (κ3) is 2.80. The van der Waals surface area contributed by atoms with Gasteiger partial charge >= 0.3 is 0 Å². The lowest BCUT2D eigenvalue weighted by molar-refractivity contribution is -0.114. The molecule has 1 aliphatic carbocycles. The molecular weight excluding hydrogens is 384 g/mol. The number of amides is 1. The minimum absolute atomic E-state index is 0.141. The number of ether oxygens (including phenoxy) is 2. The predicted molar refractivity (Wildman–Crippen MR) is 103 cm³/mol. The molecule has 6 nitrogen and oxygen atoms in total. The fourth-order valence-electron chi connectivity index (χ4n) is 3.78. The van der Waals surface area contributed by atoms with Crippen LogP contribution in [0.2, 0.25) is 0 Å². The van der Waals surface area contributed by atoms with Crippen LogP contribution in [-0.2, 0) is 4.79 Å². The van der Waals surface area contributed by atoms with Gasteiger partial charge in [0, 0.05) is 22.9 Å². The molecule has 27 heavy (non-hydrogen) atoms. The molecule has 1 aromatic carbocycles. The van der Waals surface area contributed by atoms with Gasteiger partial charge in [-0.1, -0.05) is 12.8 Å². The summed E-state index contributed by atoms with van der Waals surface area (Å²) in [6, 6.07) is 3.77. The van der Waals surface area contributed by atoms with Crippen LogP contribution < -0.4 is 20.0 Å². The Morgan fingerprint density at radius 3 is 2.78 bits per heavy atom. The summed E-state index contributed by atoms with van der Waals surface area (Å²) in [5.41, 5.74) is 0.409. The summed E-state index contributed by atoms with van der Waals surface area (Å²) >= 11 is 6.77. The van der Waals surface area contributed by atoms with Crippen molar-refractivity contribution < 1.29 is 19.4 Å². The first-order valence-electron chi connectivity index (χ1n) is 8.80. The van der Waals surface area contributed by atoms with E-state index in [1.54, 1.807) is 18.2 Å². The van der Waals surface area contributed by atoms with E-state index in [0.29, 0.717) is 31.3 Å². The van der Waals surface area contributed by atoms with Crippen molar-refractivity contribution in [3.05, 3.63) is 37.1 Å². The van der Waals surface area contributed by atoms with E-state index in [0.717, 1.165) is 30.9 Å². The highest BCUT2D eigenvalue weighted by molar-refractivity contribution is 7.73. The Morgan fingerprint density at radius 1 is 1.26 bits per heavy atom. The Bertz CT molecular complexity index is 1170. The van der Waals surface area contributed by atoms with Crippen molar-refractivity contribution in [3.8, 4) is 17.4 Å². The molecule has 2 aromatic rings. The Hall–Kier alpha value is -2.45. The minimum Gasteiger partial charge on any atom is -0.493 e. The van der Waals surface area contributed by atoms with Crippen molar-refractivity contribution in [1.82, 2.24) is 4.57 Å². The fourth-order valence-corrected chi connectivity index (χ4v) is 5.18. The number of hydrogen-bond donors (Lipinski definition) is 1. The maximum atomic E-state index is 12.5. The molecule has 0 unspecified atom stereocenters. The lowest BCUT2D eigenvalue weighted by Gasteiger charge is -2.12. The van der Waals surface area contributed by atoms with Gasteiger partial charge in [0.15, 0.2) is 15.5 Å². The molecule has 8 heteroatoms. The standard InChI is InChI=1S/C19H16N2O4S2/c22-17-11(5-10-6-14-15(25-9-24-14)8-13(10)20-17)7-16-18(23)21(19(26)27-16)12-3-1-2-4-12/h5-8,12,23H,1-4,9H2/b11-7+. The van der Waals surface area contributed by atoms with E-state index in [4.69, 9.17) is 21.7 Å². The molecule has 0 spiro atoms. The van der Waals surface area contributed by atoms with Crippen molar-refractivity contribution in [2.45, 2.75) is 31.7 Å². The van der Waals surface area contributed by atoms with Gasteiger partial charge in [-0.3, -0.25) is 9.36 Å². The summed E-state index contributed by atoms with van der Waals surface area (Å²) in [5.74, 6) is 1.02. The number of carbonyl (C=O) groups excluding carboxylic acids is 1. The molecule has 5 rings (SSSR count). The summed E-state index contributed by atoms with van der Waals surface area (Å²) in [7, 11) is 0. The van der Waals surface area contributed by atoms with Crippen LogP contribution >= 0.6 is 23.6 Å². The van der Waals surface area contributed by atoms with Gasteiger partial charge in [0.2, 0.25) is 12.7 Å². The molecule has 1 aromatic heterocycles. The second-order valence-electron chi connectivity index (χ2n) is 6.79. The first-order valence-corrected chi connectivity index (χ1v) is 10.0. The normalized spacial score (nSPS) is 19.9. The third-order valence-electron chi connectivity index (χ3n) is 5.12. The van der Waals surface area contributed by atoms with Crippen molar-refractivity contribution in [2.75, 3.05) is 6.79 Å². The van der Waals surface area contributed by atoms with Crippen LogP contribution in [0, 0.1) is 3.95 Å². The maximum Gasteiger partial charge on any atom is 0.277 e. The van der Waals surface area contributed by atoms with Gasteiger partial charge in [-0.25, -0.2) is 4.99 Å². The lowest BCUT2D eigenvalue weighted by atomic mass is 10.1. The van der Waals surface area contributed by atoms with E-state index in [-0.39, 0.29) is 24.6 Å². The SMILES string of the molecule is O=C1N=c2cc3c(cc2=C/C1=C\c1sc(=S)n(C2CCCC2)c1O)OCO3. The third-order valence-corrected chi connectivity index (χ3v) is 6.46. The zero-order chi connectivity index (χ0) is 18.5. The largest absolute Gasteiger partial charge is 0.493 e. The lowest BCUT2D eigenvalue weighted by Crippen LogP contribution is -2.30. The molecule has 1 saturated carbocycles. The van der Waals surface area contributed by atoms with Gasteiger partial charge in [-0.05, 0) is 43.3 Å². The van der Waals surface area contributed by atoms with E-state index < -0.39 is 0 Å². The average Bonchev–Trinajstić information content (AvgIpc) is 3.35. The summed E-state index contributed by atoms with van der Waals surface area (Å²) < 4.78 is 13.2. The second-order valence-corrected chi connectivity index (χ2v) is 8.47. The molecule has 2 aliphatic heterocycles. The van der Waals surface area contributed by atoms with Crippen molar-refractivity contribution >= 4 is 41.6 Å². The zero-order valence-electron chi connectivity index (χ0n) is 14.3. The number of carbonyl (C=O) groups is 1. The van der Waals surface area contributed by atoms with Crippen LogP contribution in [0.15, 0.2) is 22.7 Å². The first-order chi connectivity index (χ1) is 13.1. The Labute approximate surface area is 163 Å². The smallest absolute Gasteiger partial charge is 0.277 e. The van der Waals surface area contributed by atoms with Crippen LogP contribution in [-0.4, -0.2) is 22.4 Å². The average molecular weight is 400 g/mol. The van der Waals surface area contributed by atoms with Gasteiger partial charge < -0.3 is 14.6 Å². The van der Waals surface area contributed by atoms with Crippen LogP contribution in [0.3, 0.4) is 0 Å². The Balaban J connectivity index is 1.59. The highest BCUT2D eigenvalue weighted by Gasteiger charge is 2.23. The maximum absolute atomic E-state index is 12.5. The molecule has 1 N–H and O–H groups in total. The Kier molecular flexibility index (Phi) is 3.91. The molecular formula is C19H16N2O4S2. The summed E-state index contributed by atoms with van der Waals surface area (Å²) in [5, 5.41) is 12.0. The highest BCUT2D eigenvalue weighted by Crippen LogP contribution is 2.38. The number of aromatic hydroxyl groups is 1. The Morgan fingerprint density at radius 2 is 2.00 bits per heavy atom. The van der Waals surface area contributed by atoms with E-state index in [2.05, 4.69) is 4.99 Å². The first kappa shape index (κ1) is 16.7. The van der Waals surface area contributed by atoms with E-state index in [1.807, 2.05) is 10.6 Å². The number of nitrogens with zero attached hydrogens (tertiary/aromatic N) is 2. The van der Waals surface area contributed by atoms with Gasteiger partial charge in [-0.15, -0.1) is 11.3 Å². The molecule has 138 valence electrons. The van der Waals surface area contributed by atoms with E-state index in [9.17, 15) is 9.90 Å². The summed E-state index contributed by atoms with van der Waals surface area (Å²) in [4.78, 5) is 17.2. The van der Waals surface area contributed by atoms with Crippen LogP contribution in [0.1, 0.15) is 36.6 Å². The highest BCUT2D eigenvalue weighted by atomic mass is 32.1. The number of thiazole rings is 1. The fraction of sp³-hybridized carbons (Fsp3) is 0.316. The number of benzene rings is 1. The second kappa shape index (κ2) is 6.31. The monoisotopic (exact) mass is 400 g/mol. The molecule has 0 saturated heterocycles. The molecule has 1 fully saturated rings. The zero-order valence-corrected chi connectivity index (χ0v) is 15.9. The summed E-state index contributed by atoms with van der Waals surface area (Å²) in [6.07, 6.45) is 7.77. The van der Waals surface area contributed by atoms with Crippen LogP contribution in [0.25, 0.3) is 12.2 Å². The number of fused-ring (bicyclic) bond motifs is 2. The molecule has 0 atom stereocenters.